The van der Waals surface area contributed by atoms with Gasteiger partial charge in [0.15, 0.2) is 0 Å². The number of unbranched alkanes of at least 4 members (excludes halogenated alkanes) is 6. The molecule has 0 aromatic rings. The zero-order valence-electron chi connectivity index (χ0n) is 14.9. The molecule has 0 heterocycles. The Morgan fingerprint density at radius 1 is 1.04 bits per heavy atom. The molecule has 0 aliphatic heterocycles. The van der Waals surface area contributed by atoms with Crippen LogP contribution in [0, 0.1) is 23.7 Å². The van der Waals surface area contributed by atoms with Crippen LogP contribution in [-0.2, 0) is 4.79 Å². The van der Waals surface area contributed by atoms with Crippen molar-refractivity contribution in [3.8, 4) is 23.7 Å². The zero-order chi connectivity index (χ0) is 19.3. The lowest BCUT2D eigenvalue weighted by molar-refractivity contribution is -0.302. The second-order valence-corrected chi connectivity index (χ2v) is 5.22. The minimum atomic E-state index is -1.08. The van der Waals surface area contributed by atoms with Crippen molar-refractivity contribution in [3.05, 3.63) is 24.8 Å². The first-order chi connectivity index (χ1) is 11.9. The molecule has 0 aromatic carbocycles. The summed E-state index contributed by atoms with van der Waals surface area (Å²) in [5, 5.41) is 36.1. The average molecular weight is 349 g/mol. The summed E-state index contributed by atoms with van der Waals surface area (Å²) < 4.78 is 0. The largest absolute Gasteiger partial charge is 0.550 e. The third-order valence-corrected chi connectivity index (χ3v) is 2.82. The summed E-state index contributed by atoms with van der Waals surface area (Å²) in [6.07, 6.45) is 10.8. The molecule has 0 radical (unpaired) electrons. The van der Waals surface area contributed by atoms with E-state index >= 15 is 0 Å². The third kappa shape index (κ3) is 27.1. The molecule has 2 unspecified atom stereocenters. The number of carboxylic acids is 1. The summed E-state index contributed by atoms with van der Waals surface area (Å²) in [6, 6.07) is 0. The van der Waals surface area contributed by atoms with Crippen LogP contribution in [0.3, 0.4) is 0 Å². The molecule has 0 aliphatic carbocycles. The van der Waals surface area contributed by atoms with E-state index in [0.29, 0.717) is 6.61 Å². The van der Waals surface area contributed by atoms with Crippen LogP contribution >= 0.6 is 0 Å². The minimum absolute atomic E-state index is 0.290. The smallest absolute Gasteiger partial charge is 0.134 e. The zero-order valence-corrected chi connectivity index (χ0v) is 14.9. The van der Waals surface area contributed by atoms with Crippen LogP contribution in [0.25, 0.3) is 0 Å². The van der Waals surface area contributed by atoms with Gasteiger partial charge in [-0.25, -0.2) is 0 Å². The van der Waals surface area contributed by atoms with E-state index in [0.717, 1.165) is 32.6 Å². The van der Waals surface area contributed by atoms with Crippen molar-refractivity contribution in [3.63, 3.8) is 0 Å². The lowest BCUT2D eigenvalue weighted by atomic mass is 10.1. The molecule has 0 saturated heterocycles. The van der Waals surface area contributed by atoms with Crippen molar-refractivity contribution >= 4 is 5.97 Å². The molecule has 0 aromatic heterocycles. The van der Waals surface area contributed by atoms with Crippen molar-refractivity contribution in [1.29, 1.82) is 0 Å². The number of hydrogen-bond donors (Lipinski definition) is 3. The van der Waals surface area contributed by atoms with Crippen molar-refractivity contribution in [2.24, 2.45) is 0 Å². The van der Waals surface area contributed by atoms with E-state index in [1.54, 1.807) is 6.08 Å². The fraction of sp³-hybridized carbons (Fsp3) is 0.550. The van der Waals surface area contributed by atoms with Crippen molar-refractivity contribution in [2.45, 2.75) is 64.1 Å². The number of carboxylic acid groups (broad SMARTS) is 1. The number of aliphatic hydroxyl groups excluding tert-OH is 3. The van der Waals surface area contributed by atoms with Crippen LogP contribution in [0.5, 0.6) is 0 Å². The van der Waals surface area contributed by atoms with Gasteiger partial charge in [-0.05, 0) is 44.1 Å². The minimum Gasteiger partial charge on any atom is -0.550 e. The topological polar surface area (TPSA) is 101 Å². The van der Waals surface area contributed by atoms with Crippen LogP contribution < -0.4 is 5.11 Å². The maximum atomic E-state index is 9.54. The van der Waals surface area contributed by atoms with Crippen molar-refractivity contribution in [2.75, 3.05) is 6.61 Å². The number of hydrogen-bond acceptors (Lipinski definition) is 5. The summed E-state index contributed by atoms with van der Waals surface area (Å²) in [5.41, 5.74) is 0. The number of carbonyl (C=O) groups is 1. The molecule has 25 heavy (non-hydrogen) atoms. The quantitative estimate of drug-likeness (QED) is 0.309. The Morgan fingerprint density at radius 2 is 1.52 bits per heavy atom. The Labute approximate surface area is 151 Å². The third-order valence-electron chi connectivity index (χ3n) is 2.82. The molecular formula is C20H29O5-. The Kier molecular flexibility index (Phi) is 20.2. The maximum absolute atomic E-state index is 9.54. The van der Waals surface area contributed by atoms with Crippen molar-refractivity contribution < 1.29 is 25.2 Å². The van der Waals surface area contributed by atoms with E-state index in [1.807, 2.05) is 6.08 Å². The average Bonchev–Trinajstić information content (AvgIpc) is 2.56. The Balaban J connectivity index is 0. The number of aliphatic hydroxyl groups is 3. The maximum Gasteiger partial charge on any atom is 0.134 e. The van der Waals surface area contributed by atoms with Gasteiger partial charge >= 0.3 is 0 Å². The normalized spacial score (nSPS) is 11.8. The van der Waals surface area contributed by atoms with Gasteiger partial charge in [0.05, 0.1) is 0 Å². The lowest BCUT2D eigenvalue weighted by Crippen LogP contribution is -2.16. The SMILES string of the molecule is C=CC(O)C#CC#CC(O)/C=C/CCCCCCCCO.CC(=O)[O-]. The number of rotatable bonds is 10. The van der Waals surface area contributed by atoms with Gasteiger partial charge in [-0.3, -0.25) is 0 Å². The van der Waals surface area contributed by atoms with Crippen molar-refractivity contribution in [1.82, 2.24) is 0 Å². The van der Waals surface area contributed by atoms with E-state index in [1.165, 1.54) is 25.3 Å². The highest BCUT2D eigenvalue weighted by Crippen LogP contribution is 2.07. The summed E-state index contributed by atoms with van der Waals surface area (Å²) in [6.45, 7) is 4.65. The summed E-state index contributed by atoms with van der Waals surface area (Å²) in [7, 11) is 0. The molecule has 5 nitrogen and oxygen atoms in total. The van der Waals surface area contributed by atoms with Gasteiger partial charge < -0.3 is 25.2 Å². The molecule has 0 bridgehead atoms. The highest BCUT2D eigenvalue weighted by Gasteiger charge is 1.92. The van der Waals surface area contributed by atoms with Crippen LogP contribution in [0.2, 0.25) is 0 Å². The molecule has 0 spiro atoms. The number of aliphatic carboxylic acids is 1. The Bertz CT molecular complexity index is 484. The van der Waals surface area contributed by atoms with E-state index < -0.39 is 18.2 Å². The second kappa shape index (κ2) is 20.0. The molecule has 3 N–H and O–H groups in total. The summed E-state index contributed by atoms with van der Waals surface area (Å²) >= 11 is 0. The van der Waals surface area contributed by atoms with Gasteiger partial charge in [-0.15, -0.1) is 0 Å². The lowest BCUT2D eigenvalue weighted by Gasteiger charge is -1.99. The van der Waals surface area contributed by atoms with Crippen LogP contribution in [0.15, 0.2) is 24.8 Å². The molecule has 0 fully saturated rings. The molecule has 0 rings (SSSR count). The Morgan fingerprint density at radius 3 is 2.04 bits per heavy atom. The van der Waals surface area contributed by atoms with Gasteiger partial charge in [0.1, 0.15) is 12.2 Å². The first-order valence-corrected chi connectivity index (χ1v) is 8.38. The van der Waals surface area contributed by atoms with Gasteiger partial charge in [-0.1, -0.05) is 56.3 Å². The molecule has 140 valence electrons. The van der Waals surface area contributed by atoms with Gasteiger partial charge in [0, 0.05) is 12.6 Å². The molecular weight excluding hydrogens is 320 g/mol. The standard InChI is InChI=1S/C18H26O3.C2H4O2/c1-2-17(20)13-10-11-15-18(21)14-9-7-5-3-4-6-8-12-16-19;1-2(3)4/h2,9,14,17-21H,1,3-8,12,16H2;1H3,(H,3,4)/p-1/b14-9+;. The monoisotopic (exact) mass is 349 g/mol. The molecule has 0 aliphatic rings. The second-order valence-electron chi connectivity index (χ2n) is 5.22. The van der Waals surface area contributed by atoms with E-state index in [4.69, 9.17) is 20.1 Å². The van der Waals surface area contributed by atoms with Crippen LogP contribution in [-0.4, -0.2) is 40.1 Å². The number of carbonyl (C=O) groups excluding carboxylic acids is 1. The van der Waals surface area contributed by atoms with Gasteiger partial charge in [0.2, 0.25) is 0 Å². The first-order valence-electron chi connectivity index (χ1n) is 8.38. The highest BCUT2D eigenvalue weighted by molar-refractivity contribution is 5.60. The molecule has 2 atom stereocenters. The van der Waals surface area contributed by atoms with E-state index in [2.05, 4.69) is 30.3 Å². The predicted octanol–water partition coefficient (Wildman–Crippen LogP) is 0.936. The predicted molar refractivity (Wildman–Crippen MR) is 97.0 cm³/mol. The summed E-state index contributed by atoms with van der Waals surface area (Å²) in [4.78, 5) is 8.89. The Hall–Kier alpha value is -2.05. The molecule has 0 saturated carbocycles. The van der Waals surface area contributed by atoms with Gasteiger partial charge in [-0.2, -0.15) is 0 Å². The van der Waals surface area contributed by atoms with E-state index in [9.17, 15) is 5.11 Å². The van der Waals surface area contributed by atoms with Crippen LogP contribution in [0.4, 0.5) is 0 Å². The molecule has 0 amide bonds. The summed E-state index contributed by atoms with van der Waals surface area (Å²) in [5.74, 6) is 8.88. The van der Waals surface area contributed by atoms with Crippen LogP contribution in [0.1, 0.15) is 51.9 Å². The fourth-order valence-electron chi connectivity index (χ4n) is 1.63. The fourth-order valence-corrected chi connectivity index (χ4v) is 1.63. The van der Waals surface area contributed by atoms with E-state index in [-0.39, 0.29) is 0 Å². The first kappa shape index (κ1) is 25.2. The molecule has 5 heteroatoms. The highest BCUT2D eigenvalue weighted by atomic mass is 16.4. The number of allylic oxidation sites excluding steroid dienone is 1. The van der Waals surface area contributed by atoms with Gasteiger partial charge in [0.25, 0.3) is 0 Å².